The van der Waals surface area contributed by atoms with Gasteiger partial charge in [-0.3, -0.25) is 4.79 Å². The van der Waals surface area contributed by atoms with Gasteiger partial charge in [-0.05, 0) is 80.5 Å². The van der Waals surface area contributed by atoms with Crippen molar-refractivity contribution < 1.29 is 24.1 Å². The molecule has 4 fully saturated rings. The van der Waals surface area contributed by atoms with Gasteiger partial charge in [-0.2, -0.15) is 0 Å². The topological polar surface area (TPSA) is 65.0 Å². The van der Waals surface area contributed by atoms with Gasteiger partial charge in [-0.25, -0.2) is 0 Å². The molecule has 4 bridgehead atoms. The third-order valence-electron chi connectivity index (χ3n) is 6.66. The van der Waals surface area contributed by atoms with Crippen LogP contribution in [0.2, 0.25) is 0 Å². The molecule has 4 saturated carbocycles. The van der Waals surface area contributed by atoms with E-state index in [1.165, 1.54) is 0 Å². The van der Waals surface area contributed by atoms with Gasteiger partial charge in [0.15, 0.2) is 11.5 Å². The van der Waals surface area contributed by atoms with Crippen LogP contribution in [0.5, 0.6) is 11.5 Å². The highest BCUT2D eigenvalue weighted by molar-refractivity contribution is 5.78. The summed E-state index contributed by atoms with van der Waals surface area (Å²) in [6, 6.07) is 3.77. The number of hydrogen-bond acceptors (Lipinski definition) is 5. The number of carbonyl (C=O) groups is 1. The van der Waals surface area contributed by atoms with Gasteiger partial charge in [-0.1, -0.05) is 0 Å². The normalized spacial score (nSPS) is 34.6. The molecule has 5 nitrogen and oxygen atoms in total. The minimum atomic E-state index is -0.650. The number of hydrogen-bond donors (Lipinski definition) is 1. The molecule has 1 aromatic carbocycles. The quantitative estimate of drug-likeness (QED) is 0.816. The number of rotatable bonds is 5. The van der Waals surface area contributed by atoms with E-state index in [-0.39, 0.29) is 12.6 Å². The van der Waals surface area contributed by atoms with Crippen molar-refractivity contribution in [3.8, 4) is 11.5 Å². The molecule has 5 heteroatoms. The van der Waals surface area contributed by atoms with E-state index in [4.69, 9.17) is 14.2 Å². The van der Waals surface area contributed by atoms with Crippen molar-refractivity contribution in [2.45, 2.75) is 57.7 Å². The van der Waals surface area contributed by atoms with Crippen molar-refractivity contribution in [2.75, 3.05) is 14.2 Å². The molecular formula is C21H28O5. The summed E-state index contributed by atoms with van der Waals surface area (Å²) in [4.78, 5) is 13.0. The van der Waals surface area contributed by atoms with Crippen LogP contribution in [0.4, 0.5) is 0 Å². The Morgan fingerprint density at radius 1 is 1.12 bits per heavy atom. The van der Waals surface area contributed by atoms with Crippen molar-refractivity contribution in [3.63, 3.8) is 0 Å². The molecule has 0 amide bonds. The average Bonchev–Trinajstić information content (AvgIpc) is 2.57. The molecule has 1 N–H and O–H groups in total. The third-order valence-corrected chi connectivity index (χ3v) is 6.66. The van der Waals surface area contributed by atoms with E-state index in [1.807, 2.05) is 19.1 Å². The first-order valence-electron chi connectivity index (χ1n) is 9.47. The average molecular weight is 360 g/mol. The smallest absolute Gasteiger partial charge is 0.312 e. The lowest BCUT2D eigenvalue weighted by molar-refractivity contribution is -0.197. The molecule has 1 aromatic rings. The largest absolute Gasteiger partial charge is 0.493 e. The number of ether oxygens (including phenoxy) is 3. The standard InChI is InChI=1S/C21H28O5/c1-13-4-17(24-2)18(25-3)6-16(13)11-26-19(22)20-7-14-5-15(8-20)10-21(23,9-14)12-20/h4,6,14-15,23H,5,7-12H2,1-3H3/t14-,15+,20?,21?. The highest BCUT2D eigenvalue weighted by atomic mass is 16.5. The third kappa shape index (κ3) is 2.86. The lowest BCUT2D eigenvalue weighted by atomic mass is 9.48. The summed E-state index contributed by atoms with van der Waals surface area (Å²) in [5, 5.41) is 10.8. The van der Waals surface area contributed by atoms with Gasteiger partial charge in [-0.15, -0.1) is 0 Å². The Morgan fingerprint density at radius 2 is 1.73 bits per heavy atom. The molecular weight excluding hydrogens is 332 g/mol. The van der Waals surface area contributed by atoms with Crippen molar-refractivity contribution in [2.24, 2.45) is 17.3 Å². The first-order chi connectivity index (χ1) is 12.4. The van der Waals surface area contributed by atoms with Gasteiger partial charge in [0.05, 0.1) is 25.2 Å². The summed E-state index contributed by atoms with van der Waals surface area (Å²) < 4.78 is 16.4. The summed E-state index contributed by atoms with van der Waals surface area (Å²) in [7, 11) is 3.20. The maximum atomic E-state index is 13.0. The van der Waals surface area contributed by atoms with Crippen molar-refractivity contribution in [1.82, 2.24) is 0 Å². The number of carbonyl (C=O) groups excluding carboxylic acids is 1. The zero-order valence-electron chi connectivity index (χ0n) is 15.8. The lowest BCUT2D eigenvalue weighted by Crippen LogP contribution is -2.58. The first kappa shape index (κ1) is 17.7. The van der Waals surface area contributed by atoms with Gasteiger partial charge in [0.1, 0.15) is 6.61 Å². The zero-order chi connectivity index (χ0) is 18.5. The van der Waals surface area contributed by atoms with Crippen LogP contribution in [0.25, 0.3) is 0 Å². The maximum absolute atomic E-state index is 13.0. The van der Waals surface area contributed by atoms with Gasteiger partial charge >= 0.3 is 5.97 Å². The van der Waals surface area contributed by atoms with Crippen LogP contribution in [0.3, 0.4) is 0 Å². The van der Waals surface area contributed by atoms with Gasteiger partial charge in [0.25, 0.3) is 0 Å². The second kappa shape index (κ2) is 6.15. The van der Waals surface area contributed by atoms with Crippen LogP contribution < -0.4 is 9.47 Å². The monoisotopic (exact) mass is 360 g/mol. The molecule has 0 saturated heterocycles. The van der Waals surface area contributed by atoms with E-state index in [2.05, 4.69) is 0 Å². The number of aryl methyl sites for hydroxylation is 1. The number of benzene rings is 1. The van der Waals surface area contributed by atoms with E-state index in [0.29, 0.717) is 29.8 Å². The van der Waals surface area contributed by atoms with E-state index in [1.54, 1.807) is 14.2 Å². The summed E-state index contributed by atoms with van der Waals surface area (Å²) in [6.07, 6.45) is 5.18. The van der Waals surface area contributed by atoms with Crippen LogP contribution in [0.1, 0.15) is 49.7 Å². The molecule has 0 heterocycles. The fourth-order valence-electron chi connectivity index (χ4n) is 5.93. The molecule has 2 unspecified atom stereocenters. The molecule has 0 radical (unpaired) electrons. The fourth-order valence-corrected chi connectivity index (χ4v) is 5.93. The number of esters is 1. The summed E-state index contributed by atoms with van der Waals surface area (Å²) >= 11 is 0. The van der Waals surface area contributed by atoms with Crippen molar-refractivity contribution in [3.05, 3.63) is 23.3 Å². The molecule has 4 aliphatic carbocycles. The first-order valence-corrected chi connectivity index (χ1v) is 9.47. The van der Waals surface area contributed by atoms with Gasteiger partial charge in [0, 0.05) is 0 Å². The Bertz CT molecular complexity index is 711. The van der Waals surface area contributed by atoms with Crippen LogP contribution in [-0.2, 0) is 16.1 Å². The minimum Gasteiger partial charge on any atom is -0.493 e. The number of aliphatic hydroxyl groups is 1. The van der Waals surface area contributed by atoms with E-state index in [0.717, 1.165) is 43.2 Å². The highest BCUT2D eigenvalue weighted by Crippen LogP contribution is 2.62. The van der Waals surface area contributed by atoms with Crippen LogP contribution in [-0.4, -0.2) is 30.9 Å². The summed E-state index contributed by atoms with van der Waals surface area (Å²) in [5.41, 5.74) is 0.782. The van der Waals surface area contributed by atoms with Gasteiger partial charge in [0.2, 0.25) is 0 Å². The van der Waals surface area contributed by atoms with Crippen molar-refractivity contribution in [1.29, 1.82) is 0 Å². The lowest BCUT2D eigenvalue weighted by Gasteiger charge is -2.58. The second-order valence-electron chi connectivity index (χ2n) is 8.68. The Kier molecular flexibility index (Phi) is 4.18. The molecule has 4 atom stereocenters. The Morgan fingerprint density at radius 3 is 2.31 bits per heavy atom. The predicted octanol–water partition coefficient (Wildman–Crippen LogP) is 3.39. The summed E-state index contributed by atoms with van der Waals surface area (Å²) in [5.74, 6) is 2.10. The maximum Gasteiger partial charge on any atom is 0.312 e. The van der Waals surface area contributed by atoms with E-state index < -0.39 is 11.0 Å². The highest BCUT2D eigenvalue weighted by Gasteiger charge is 2.60. The molecule has 4 aliphatic rings. The fraction of sp³-hybridized carbons (Fsp3) is 0.667. The van der Waals surface area contributed by atoms with Gasteiger partial charge < -0.3 is 19.3 Å². The molecule has 0 aliphatic heterocycles. The Hall–Kier alpha value is -1.75. The number of methoxy groups -OCH3 is 2. The Balaban J connectivity index is 1.50. The Labute approximate surface area is 154 Å². The molecule has 5 rings (SSSR count). The van der Waals surface area contributed by atoms with E-state index >= 15 is 0 Å². The SMILES string of the molecule is COc1cc(C)c(COC(=O)C23C[C@@H]4C[C@@H](CC(O)(C4)C2)C3)cc1OC. The molecule has 26 heavy (non-hydrogen) atoms. The van der Waals surface area contributed by atoms with Crippen molar-refractivity contribution >= 4 is 5.97 Å². The molecule has 0 aromatic heterocycles. The predicted molar refractivity (Wildman–Crippen MR) is 96.1 cm³/mol. The zero-order valence-corrected chi connectivity index (χ0v) is 15.8. The van der Waals surface area contributed by atoms with Crippen LogP contribution in [0, 0.1) is 24.2 Å². The van der Waals surface area contributed by atoms with Crippen LogP contribution in [0.15, 0.2) is 12.1 Å². The summed E-state index contributed by atoms with van der Waals surface area (Å²) in [6.45, 7) is 2.19. The second-order valence-corrected chi connectivity index (χ2v) is 8.68. The molecule has 142 valence electrons. The minimum absolute atomic E-state index is 0.140. The van der Waals surface area contributed by atoms with E-state index in [9.17, 15) is 9.90 Å². The molecule has 0 spiro atoms. The van der Waals surface area contributed by atoms with Crippen LogP contribution >= 0.6 is 0 Å².